The lowest BCUT2D eigenvalue weighted by molar-refractivity contribution is 0.510. The van der Waals surface area contributed by atoms with Gasteiger partial charge in [0, 0.05) is 22.5 Å². The molecule has 1 heterocycles. The molecule has 102 valence electrons. The maximum Gasteiger partial charge on any atom is 0.138 e. The third-order valence-electron chi connectivity index (χ3n) is 2.92. The number of aryl methyl sites for hydroxylation is 1. The third-order valence-corrected chi connectivity index (χ3v) is 3.75. The lowest BCUT2D eigenvalue weighted by Gasteiger charge is -2.17. The number of benzene rings is 1. The zero-order chi connectivity index (χ0) is 13.8. The first-order valence-corrected chi connectivity index (χ1v) is 7.10. The first-order chi connectivity index (χ1) is 9.15. The molecule has 1 unspecified atom stereocenters. The van der Waals surface area contributed by atoms with E-state index in [1.54, 1.807) is 6.33 Å². The number of nitrogens with two attached hydrogens (primary N) is 1. The number of rotatable bonds is 5. The van der Waals surface area contributed by atoms with Crippen LogP contribution in [-0.4, -0.2) is 14.8 Å². The van der Waals surface area contributed by atoms with Crippen molar-refractivity contribution in [2.75, 3.05) is 0 Å². The Balaban J connectivity index is 2.27. The molecule has 0 spiro atoms. The summed E-state index contributed by atoms with van der Waals surface area (Å²) < 4.78 is 2.81. The van der Waals surface area contributed by atoms with Crippen LogP contribution in [0.3, 0.4) is 0 Å². The van der Waals surface area contributed by atoms with Gasteiger partial charge in [-0.3, -0.25) is 16.0 Å². The monoisotopic (exact) mass is 343 g/mol. The highest BCUT2D eigenvalue weighted by Crippen LogP contribution is 2.28. The molecule has 0 fully saturated rings. The van der Waals surface area contributed by atoms with Crippen LogP contribution in [0.2, 0.25) is 5.02 Å². The van der Waals surface area contributed by atoms with E-state index in [0.717, 1.165) is 22.4 Å². The summed E-state index contributed by atoms with van der Waals surface area (Å²) in [6, 6.07) is 5.59. The van der Waals surface area contributed by atoms with Gasteiger partial charge in [0.1, 0.15) is 12.2 Å². The number of hydrogen-bond donors (Lipinski definition) is 2. The lowest BCUT2D eigenvalue weighted by atomic mass is 10.0. The molecule has 0 saturated carbocycles. The van der Waals surface area contributed by atoms with Gasteiger partial charge in [0.15, 0.2) is 0 Å². The van der Waals surface area contributed by atoms with Crippen molar-refractivity contribution in [3.05, 3.63) is 45.4 Å². The van der Waals surface area contributed by atoms with Gasteiger partial charge in [0.05, 0.1) is 6.04 Å². The molecule has 0 bridgehead atoms. The first-order valence-electron chi connectivity index (χ1n) is 5.93. The van der Waals surface area contributed by atoms with Gasteiger partial charge in [0.2, 0.25) is 0 Å². The van der Waals surface area contributed by atoms with Crippen LogP contribution in [0.4, 0.5) is 0 Å². The van der Waals surface area contributed by atoms with E-state index in [4.69, 9.17) is 17.4 Å². The van der Waals surface area contributed by atoms with Crippen molar-refractivity contribution >= 4 is 27.5 Å². The summed E-state index contributed by atoms with van der Waals surface area (Å²) in [7, 11) is 0. The van der Waals surface area contributed by atoms with Gasteiger partial charge in [-0.25, -0.2) is 4.98 Å². The second kappa shape index (κ2) is 6.47. The molecule has 0 saturated heterocycles. The normalized spacial score (nSPS) is 12.6. The van der Waals surface area contributed by atoms with E-state index in [1.165, 1.54) is 0 Å². The maximum atomic E-state index is 6.22. The summed E-state index contributed by atoms with van der Waals surface area (Å²) in [5.74, 6) is 6.53. The van der Waals surface area contributed by atoms with E-state index >= 15 is 0 Å². The van der Waals surface area contributed by atoms with E-state index in [-0.39, 0.29) is 6.04 Å². The second-order valence-electron chi connectivity index (χ2n) is 4.08. The molecule has 3 N–H and O–H groups in total. The molecule has 0 aliphatic carbocycles. The van der Waals surface area contributed by atoms with E-state index in [2.05, 4.69) is 31.4 Å². The molecule has 7 heteroatoms. The van der Waals surface area contributed by atoms with E-state index in [9.17, 15) is 0 Å². The van der Waals surface area contributed by atoms with Crippen LogP contribution < -0.4 is 11.3 Å². The van der Waals surface area contributed by atoms with Crippen molar-refractivity contribution in [3.8, 4) is 0 Å². The maximum absolute atomic E-state index is 6.22. The largest absolute Gasteiger partial charge is 0.271 e. The van der Waals surface area contributed by atoms with Crippen molar-refractivity contribution < 1.29 is 0 Å². The van der Waals surface area contributed by atoms with Crippen LogP contribution in [0.1, 0.15) is 24.4 Å². The Labute approximate surface area is 125 Å². The number of halogens is 2. The SMILES string of the molecule is CCn1ncnc1CC(NN)c1cc(Br)ccc1Cl. The number of hydrazine groups is 1. The molecular weight excluding hydrogens is 330 g/mol. The predicted octanol–water partition coefficient (Wildman–Crippen LogP) is 2.46. The Morgan fingerprint density at radius 2 is 2.32 bits per heavy atom. The van der Waals surface area contributed by atoms with Gasteiger partial charge in [-0.15, -0.1) is 0 Å². The number of aromatic nitrogens is 3. The topological polar surface area (TPSA) is 68.8 Å². The highest BCUT2D eigenvalue weighted by atomic mass is 79.9. The molecule has 19 heavy (non-hydrogen) atoms. The fourth-order valence-electron chi connectivity index (χ4n) is 1.93. The Bertz CT molecular complexity index is 557. The van der Waals surface area contributed by atoms with Crippen LogP contribution in [0.5, 0.6) is 0 Å². The van der Waals surface area contributed by atoms with E-state index in [1.807, 2.05) is 29.8 Å². The zero-order valence-electron chi connectivity index (χ0n) is 10.5. The highest BCUT2D eigenvalue weighted by Gasteiger charge is 2.17. The van der Waals surface area contributed by atoms with Crippen LogP contribution in [-0.2, 0) is 13.0 Å². The van der Waals surface area contributed by atoms with E-state index in [0.29, 0.717) is 11.4 Å². The summed E-state index contributed by atoms with van der Waals surface area (Å²) in [4.78, 5) is 4.25. The van der Waals surface area contributed by atoms with Crippen LogP contribution in [0.15, 0.2) is 29.0 Å². The number of nitrogens with one attached hydrogen (secondary N) is 1. The van der Waals surface area contributed by atoms with Crippen LogP contribution in [0, 0.1) is 0 Å². The standard InChI is InChI=1S/C12H15BrClN5/c1-2-19-12(16-7-17-19)6-11(18-15)9-5-8(13)3-4-10(9)14/h3-5,7,11,18H,2,6,15H2,1H3. The van der Waals surface area contributed by atoms with Gasteiger partial charge in [-0.1, -0.05) is 27.5 Å². The average Bonchev–Trinajstić information content (AvgIpc) is 2.86. The van der Waals surface area contributed by atoms with Crippen molar-refractivity contribution in [1.29, 1.82) is 0 Å². The minimum absolute atomic E-state index is 0.112. The van der Waals surface area contributed by atoms with Crippen LogP contribution in [0.25, 0.3) is 0 Å². The van der Waals surface area contributed by atoms with Crippen molar-refractivity contribution in [3.63, 3.8) is 0 Å². The Morgan fingerprint density at radius 1 is 1.53 bits per heavy atom. The molecule has 1 aromatic carbocycles. The lowest BCUT2D eigenvalue weighted by Crippen LogP contribution is -2.30. The zero-order valence-corrected chi connectivity index (χ0v) is 12.8. The Kier molecular flexibility index (Phi) is 4.93. The van der Waals surface area contributed by atoms with Gasteiger partial charge < -0.3 is 0 Å². The molecule has 0 aliphatic rings. The summed E-state index contributed by atoms with van der Waals surface area (Å²) in [5, 5.41) is 4.83. The van der Waals surface area contributed by atoms with Gasteiger partial charge in [-0.2, -0.15) is 5.10 Å². The minimum Gasteiger partial charge on any atom is -0.271 e. The molecule has 5 nitrogen and oxygen atoms in total. The molecule has 0 amide bonds. The first kappa shape index (κ1) is 14.5. The quantitative estimate of drug-likeness (QED) is 0.646. The molecule has 2 rings (SSSR count). The molecular formula is C12H15BrClN5. The summed E-state index contributed by atoms with van der Waals surface area (Å²) in [5.41, 5.74) is 3.72. The third kappa shape index (κ3) is 3.33. The minimum atomic E-state index is -0.112. The second-order valence-corrected chi connectivity index (χ2v) is 5.40. The van der Waals surface area contributed by atoms with Gasteiger partial charge >= 0.3 is 0 Å². The summed E-state index contributed by atoms with van der Waals surface area (Å²) in [6.07, 6.45) is 2.18. The van der Waals surface area contributed by atoms with Crippen LogP contribution >= 0.6 is 27.5 Å². The molecule has 0 radical (unpaired) electrons. The van der Waals surface area contributed by atoms with Gasteiger partial charge in [-0.05, 0) is 30.7 Å². The van der Waals surface area contributed by atoms with E-state index < -0.39 is 0 Å². The molecule has 0 aliphatic heterocycles. The molecule has 1 atom stereocenters. The summed E-state index contributed by atoms with van der Waals surface area (Å²) in [6.45, 7) is 2.80. The summed E-state index contributed by atoms with van der Waals surface area (Å²) >= 11 is 9.66. The molecule has 2 aromatic rings. The Morgan fingerprint density at radius 3 is 3.00 bits per heavy atom. The highest BCUT2D eigenvalue weighted by molar-refractivity contribution is 9.10. The Hall–Kier alpha value is -0.950. The van der Waals surface area contributed by atoms with Crippen molar-refractivity contribution in [2.45, 2.75) is 25.9 Å². The molecule has 1 aromatic heterocycles. The number of hydrogen-bond acceptors (Lipinski definition) is 4. The van der Waals surface area contributed by atoms with Crippen molar-refractivity contribution in [2.24, 2.45) is 5.84 Å². The average molecular weight is 345 g/mol. The number of nitrogens with zero attached hydrogens (tertiary/aromatic N) is 3. The predicted molar refractivity (Wildman–Crippen MR) is 78.6 cm³/mol. The van der Waals surface area contributed by atoms with Crippen molar-refractivity contribution in [1.82, 2.24) is 20.2 Å². The van der Waals surface area contributed by atoms with Gasteiger partial charge in [0.25, 0.3) is 0 Å². The smallest absolute Gasteiger partial charge is 0.138 e. The fraction of sp³-hybridized carbons (Fsp3) is 0.333. The fourth-order valence-corrected chi connectivity index (χ4v) is 2.56.